The molecule has 0 radical (unpaired) electrons. The Hall–Kier alpha value is -3.10. The quantitative estimate of drug-likeness (QED) is 0.758. The van der Waals surface area contributed by atoms with Crippen LogP contribution in [0, 0.1) is 11.8 Å². The lowest BCUT2D eigenvalue weighted by Crippen LogP contribution is -1.98. The summed E-state index contributed by atoms with van der Waals surface area (Å²) in [6.07, 6.45) is 0.404. The molecule has 0 heterocycles. The lowest BCUT2D eigenvalue weighted by Gasteiger charge is -2.16. The molecule has 27 heavy (non-hydrogen) atoms. The fourth-order valence-electron chi connectivity index (χ4n) is 2.63. The summed E-state index contributed by atoms with van der Waals surface area (Å²) in [6.45, 7) is 4.23. The molecule has 0 fully saturated rings. The van der Waals surface area contributed by atoms with Crippen LogP contribution in [0.15, 0.2) is 36.9 Å². The number of benzene rings is 2. The number of aliphatic hydroxyl groups excluding tert-OH is 1. The van der Waals surface area contributed by atoms with Crippen LogP contribution >= 0.6 is 0 Å². The third-order valence-corrected chi connectivity index (χ3v) is 4.02. The fourth-order valence-corrected chi connectivity index (χ4v) is 2.63. The van der Waals surface area contributed by atoms with Crippen LogP contribution in [-0.2, 0) is 0 Å². The van der Waals surface area contributed by atoms with Crippen molar-refractivity contribution >= 4 is 5.57 Å². The van der Waals surface area contributed by atoms with Gasteiger partial charge in [0.05, 0.1) is 40.6 Å². The van der Waals surface area contributed by atoms with Crippen LogP contribution < -0.4 is 18.9 Å². The number of hydrogen-bond donors (Lipinski definition) is 1. The van der Waals surface area contributed by atoms with Crippen LogP contribution in [0.4, 0.5) is 0 Å². The molecule has 0 aliphatic carbocycles. The van der Waals surface area contributed by atoms with E-state index in [1.165, 1.54) is 0 Å². The van der Waals surface area contributed by atoms with E-state index in [1.54, 1.807) is 28.4 Å². The van der Waals surface area contributed by atoms with Crippen LogP contribution in [-0.4, -0.2) is 40.2 Å². The van der Waals surface area contributed by atoms with E-state index in [-0.39, 0.29) is 6.61 Å². The minimum Gasteiger partial charge on any atom is -0.495 e. The second kappa shape index (κ2) is 9.56. The predicted octanol–water partition coefficient (Wildman–Crippen LogP) is 3.52. The van der Waals surface area contributed by atoms with Crippen molar-refractivity contribution in [3.05, 3.63) is 53.6 Å². The minimum absolute atomic E-state index is 0.0210. The average molecular weight is 368 g/mol. The van der Waals surface area contributed by atoms with E-state index in [4.69, 9.17) is 24.1 Å². The molecule has 0 aliphatic rings. The van der Waals surface area contributed by atoms with Crippen molar-refractivity contribution in [2.24, 2.45) is 0 Å². The van der Waals surface area contributed by atoms with Crippen molar-refractivity contribution in [3.63, 3.8) is 0 Å². The van der Waals surface area contributed by atoms with Gasteiger partial charge in [-0.1, -0.05) is 24.5 Å². The lowest BCUT2D eigenvalue weighted by atomic mass is 9.97. The van der Waals surface area contributed by atoms with E-state index in [9.17, 15) is 0 Å². The monoisotopic (exact) mass is 368 g/mol. The first-order chi connectivity index (χ1) is 13.1. The van der Waals surface area contributed by atoms with Gasteiger partial charge >= 0.3 is 0 Å². The van der Waals surface area contributed by atoms with E-state index in [2.05, 4.69) is 18.4 Å². The van der Waals surface area contributed by atoms with Gasteiger partial charge in [0.15, 0.2) is 11.5 Å². The molecular formula is C22H24O5. The minimum atomic E-state index is 0.0210. The summed E-state index contributed by atoms with van der Waals surface area (Å²) in [7, 11) is 6.31. The van der Waals surface area contributed by atoms with Crippen LogP contribution in [0.2, 0.25) is 0 Å². The van der Waals surface area contributed by atoms with Gasteiger partial charge in [-0.05, 0) is 41.0 Å². The molecule has 0 atom stereocenters. The van der Waals surface area contributed by atoms with Crippen molar-refractivity contribution in [1.29, 1.82) is 0 Å². The highest BCUT2D eigenvalue weighted by molar-refractivity contribution is 5.81. The Balaban J connectivity index is 2.49. The molecule has 1 N–H and O–H groups in total. The van der Waals surface area contributed by atoms with E-state index in [1.807, 2.05) is 30.3 Å². The van der Waals surface area contributed by atoms with Gasteiger partial charge in [-0.15, -0.1) is 0 Å². The molecular weight excluding hydrogens is 344 g/mol. The Kier molecular flexibility index (Phi) is 7.16. The molecule has 0 saturated carbocycles. The third kappa shape index (κ3) is 4.55. The van der Waals surface area contributed by atoms with Gasteiger partial charge < -0.3 is 24.1 Å². The van der Waals surface area contributed by atoms with E-state index < -0.39 is 0 Å². The second-order valence-electron chi connectivity index (χ2n) is 5.58. The zero-order valence-corrected chi connectivity index (χ0v) is 16.1. The van der Waals surface area contributed by atoms with Crippen molar-refractivity contribution in [2.45, 2.75) is 6.42 Å². The first kappa shape index (κ1) is 20.2. The smallest absolute Gasteiger partial charge is 0.203 e. The largest absolute Gasteiger partial charge is 0.495 e. The molecule has 5 nitrogen and oxygen atoms in total. The van der Waals surface area contributed by atoms with Crippen molar-refractivity contribution < 1.29 is 24.1 Å². The maximum absolute atomic E-state index is 8.92. The Labute approximate surface area is 160 Å². The summed E-state index contributed by atoms with van der Waals surface area (Å²) < 4.78 is 21.6. The molecule has 5 heteroatoms. The van der Waals surface area contributed by atoms with Crippen molar-refractivity contribution in [2.75, 3.05) is 35.0 Å². The SMILES string of the molecule is C=C(c1ccc(OC)c(C#CCCO)c1)c1cc(OC)c(OC)c(OC)c1. The predicted molar refractivity (Wildman–Crippen MR) is 106 cm³/mol. The topological polar surface area (TPSA) is 57.2 Å². The molecule has 0 bridgehead atoms. The van der Waals surface area contributed by atoms with Crippen molar-refractivity contribution in [3.8, 4) is 34.8 Å². The number of rotatable bonds is 7. The van der Waals surface area contributed by atoms with Gasteiger partial charge in [0.25, 0.3) is 0 Å². The van der Waals surface area contributed by atoms with Crippen LogP contribution in [0.5, 0.6) is 23.0 Å². The summed E-state index contributed by atoms with van der Waals surface area (Å²) in [5.41, 5.74) is 3.24. The first-order valence-electron chi connectivity index (χ1n) is 8.37. The third-order valence-electron chi connectivity index (χ3n) is 4.02. The molecule has 0 aromatic heterocycles. The molecule has 142 valence electrons. The average Bonchev–Trinajstić information content (AvgIpc) is 2.72. The Morgan fingerprint density at radius 3 is 2.04 bits per heavy atom. The number of ether oxygens (including phenoxy) is 4. The first-order valence-corrected chi connectivity index (χ1v) is 8.37. The van der Waals surface area contributed by atoms with E-state index in [0.29, 0.717) is 29.4 Å². The summed E-state index contributed by atoms with van der Waals surface area (Å²) in [5, 5.41) is 8.92. The van der Waals surface area contributed by atoms with E-state index >= 15 is 0 Å². The molecule has 0 unspecified atom stereocenters. The Bertz CT molecular complexity index is 849. The standard InChI is InChI=1S/C22H24O5/c1-15(18-13-20(25-3)22(27-5)21(14-18)26-4)16-9-10-19(24-2)17(12-16)8-6-7-11-23/h9-10,12-14,23H,1,7,11H2,2-5H3. The molecule has 0 aliphatic heterocycles. The molecule has 2 aromatic carbocycles. The highest BCUT2D eigenvalue weighted by Gasteiger charge is 2.16. The maximum Gasteiger partial charge on any atom is 0.203 e. The lowest BCUT2D eigenvalue weighted by molar-refractivity contribution is 0.305. The number of hydrogen-bond acceptors (Lipinski definition) is 5. The number of methoxy groups -OCH3 is 4. The molecule has 0 saturated heterocycles. The van der Waals surface area contributed by atoms with Crippen LogP contribution in [0.25, 0.3) is 5.57 Å². The normalized spacial score (nSPS) is 9.81. The molecule has 0 amide bonds. The highest BCUT2D eigenvalue weighted by atomic mass is 16.5. The maximum atomic E-state index is 8.92. The summed E-state index contributed by atoms with van der Waals surface area (Å²) >= 11 is 0. The zero-order chi connectivity index (χ0) is 19.8. The second-order valence-corrected chi connectivity index (χ2v) is 5.58. The zero-order valence-electron chi connectivity index (χ0n) is 16.1. The highest BCUT2D eigenvalue weighted by Crippen LogP contribution is 2.41. The van der Waals surface area contributed by atoms with Crippen LogP contribution in [0.3, 0.4) is 0 Å². The Morgan fingerprint density at radius 1 is 0.889 bits per heavy atom. The molecule has 2 aromatic rings. The van der Waals surface area contributed by atoms with Gasteiger partial charge in [-0.2, -0.15) is 0 Å². The van der Waals surface area contributed by atoms with E-state index in [0.717, 1.165) is 22.3 Å². The van der Waals surface area contributed by atoms with Gasteiger partial charge in [0, 0.05) is 6.42 Å². The van der Waals surface area contributed by atoms with Crippen molar-refractivity contribution in [1.82, 2.24) is 0 Å². The summed E-state index contributed by atoms with van der Waals surface area (Å²) in [5.74, 6) is 8.26. The van der Waals surface area contributed by atoms with Gasteiger partial charge in [0.1, 0.15) is 5.75 Å². The number of aliphatic hydroxyl groups is 1. The van der Waals surface area contributed by atoms with Gasteiger partial charge in [-0.3, -0.25) is 0 Å². The fraction of sp³-hybridized carbons (Fsp3) is 0.273. The van der Waals surface area contributed by atoms with Crippen LogP contribution in [0.1, 0.15) is 23.1 Å². The molecule has 2 rings (SSSR count). The summed E-state index contributed by atoms with van der Waals surface area (Å²) in [6, 6.07) is 9.38. The van der Waals surface area contributed by atoms with Gasteiger partial charge in [-0.25, -0.2) is 0 Å². The summed E-state index contributed by atoms with van der Waals surface area (Å²) in [4.78, 5) is 0. The Morgan fingerprint density at radius 2 is 1.52 bits per heavy atom. The van der Waals surface area contributed by atoms with Gasteiger partial charge in [0.2, 0.25) is 5.75 Å². The molecule has 0 spiro atoms.